The van der Waals surface area contributed by atoms with E-state index >= 15 is 0 Å². The van der Waals surface area contributed by atoms with Crippen LogP contribution in [0, 0.1) is 5.82 Å². The quantitative estimate of drug-likeness (QED) is 0.854. The summed E-state index contributed by atoms with van der Waals surface area (Å²) < 4.78 is 18.8. The summed E-state index contributed by atoms with van der Waals surface area (Å²) in [4.78, 5) is 29.7. The Hall–Kier alpha value is -3.09. The topological polar surface area (TPSA) is 61.9 Å². The number of ether oxygens (including phenoxy) is 1. The summed E-state index contributed by atoms with van der Waals surface area (Å²) in [6.45, 7) is 0.762. The Morgan fingerprint density at radius 1 is 1.17 bits per heavy atom. The molecule has 2 aliphatic heterocycles. The number of carbonyl (C=O) groups is 2. The maximum atomic E-state index is 13.9. The average Bonchev–Trinajstić information content (AvgIpc) is 2.98. The molecule has 0 aliphatic carbocycles. The van der Waals surface area contributed by atoms with Gasteiger partial charge in [0.1, 0.15) is 6.17 Å². The Morgan fingerprint density at radius 2 is 2.00 bits per heavy atom. The van der Waals surface area contributed by atoms with Gasteiger partial charge in [0.15, 0.2) is 11.6 Å². The number of hydrogen-bond acceptors (Lipinski definition) is 4. The number of fused-ring (bicyclic) bond motifs is 2. The fourth-order valence-corrected chi connectivity index (χ4v) is 4.14. The van der Waals surface area contributed by atoms with Crippen molar-refractivity contribution >= 4 is 23.2 Å². The molecule has 29 heavy (non-hydrogen) atoms. The van der Waals surface area contributed by atoms with Gasteiger partial charge in [0.2, 0.25) is 0 Å². The summed E-state index contributed by atoms with van der Waals surface area (Å²) in [5.74, 6) is -0.768. The van der Waals surface area contributed by atoms with E-state index in [9.17, 15) is 14.0 Å². The number of methoxy groups -OCH3 is 1. The van der Waals surface area contributed by atoms with Gasteiger partial charge in [-0.15, -0.1) is 0 Å². The van der Waals surface area contributed by atoms with E-state index in [1.54, 1.807) is 24.3 Å². The lowest BCUT2D eigenvalue weighted by molar-refractivity contribution is 0.0661. The van der Waals surface area contributed by atoms with Crippen molar-refractivity contribution in [2.75, 3.05) is 30.9 Å². The van der Waals surface area contributed by atoms with E-state index in [-0.39, 0.29) is 23.7 Å². The van der Waals surface area contributed by atoms with E-state index in [0.29, 0.717) is 16.8 Å². The van der Waals surface area contributed by atoms with Gasteiger partial charge in [-0.3, -0.25) is 9.59 Å². The highest BCUT2D eigenvalue weighted by atomic mass is 19.1. The molecule has 2 aliphatic rings. The minimum atomic E-state index is -0.547. The molecule has 2 amide bonds. The van der Waals surface area contributed by atoms with Crippen LogP contribution in [0.1, 0.15) is 46.4 Å². The fraction of sp³-hybridized carbons (Fsp3) is 0.364. The van der Waals surface area contributed by atoms with Crippen molar-refractivity contribution in [1.82, 2.24) is 4.90 Å². The molecular formula is C22H24FN3O3. The average molecular weight is 397 g/mol. The first kappa shape index (κ1) is 19.2. The Bertz CT molecular complexity index is 962. The molecule has 2 aromatic carbocycles. The molecule has 1 saturated heterocycles. The van der Waals surface area contributed by atoms with Gasteiger partial charge in [0.25, 0.3) is 11.8 Å². The number of rotatable bonds is 3. The normalized spacial score (nSPS) is 18.6. The third-order valence-corrected chi connectivity index (χ3v) is 5.71. The zero-order valence-corrected chi connectivity index (χ0v) is 16.6. The van der Waals surface area contributed by atoms with Crippen LogP contribution >= 0.6 is 0 Å². The van der Waals surface area contributed by atoms with E-state index in [4.69, 9.17) is 4.74 Å². The van der Waals surface area contributed by atoms with Crippen LogP contribution < -0.4 is 15.0 Å². The molecule has 1 N–H and O–H groups in total. The van der Waals surface area contributed by atoms with Gasteiger partial charge in [-0.25, -0.2) is 4.39 Å². The summed E-state index contributed by atoms with van der Waals surface area (Å²) >= 11 is 0. The minimum Gasteiger partial charge on any atom is -0.494 e. The molecule has 4 rings (SSSR count). The summed E-state index contributed by atoms with van der Waals surface area (Å²) in [7, 11) is 3.35. The van der Waals surface area contributed by atoms with E-state index in [1.165, 1.54) is 19.2 Å². The predicted octanol–water partition coefficient (Wildman–Crippen LogP) is 3.88. The van der Waals surface area contributed by atoms with Crippen molar-refractivity contribution in [2.45, 2.75) is 31.8 Å². The Kier molecular flexibility index (Phi) is 5.13. The highest BCUT2D eigenvalue weighted by Crippen LogP contribution is 2.34. The Balaban J connectivity index is 1.60. The molecule has 1 fully saturated rings. The number of nitrogens with zero attached hydrogens (tertiary/aromatic N) is 2. The first-order valence-corrected chi connectivity index (χ1v) is 9.82. The zero-order chi connectivity index (χ0) is 20.5. The lowest BCUT2D eigenvalue weighted by atomic mass is 10.0. The summed E-state index contributed by atoms with van der Waals surface area (Å²) in [5, 5.41) is 2.70. The molecule has 1 atom stereocenters. The molecule has 0 radical (unpaired) electrons. The molecular weight excluding hydrogens is 373 g/mol. The fourth-order valence-electron chi connectivity index (χ4n) is 4.14. The summed E-state index contributed by atoms with van der Waals surface area (Å²) in [6, 6.07) is 9.35. The van der Waals surface area contributed by atoms with E-state index < -0.39 is 5.82 Å². The second-order valence-electron chi connectivity index (χ2n) is 7.47. The molecule has 0 saturated carbocycles. The first-order valence-electron chi connectivity index (χ1n) is 9.82. The van der Waals surface area contributed by atoms with Gasteiger partial charge < -0.3 is 19.9 Å². The lowest BCUT2D eigenvalue weighted by Gasteiger charge is -2.43. The number of halogens is 1. The second kappa shape index (κ2) is 7.73. The number of amides is 2. The SMILES string of the molecule is COc1ccc(NC(=O)c2ccc3c(c2)N(C)[C@H]2CCCCCN2C3=O)cc1F. The first-order chi connectivity index (χ1) is 14.0. The van der Waals surface area contributed by atoms with Gasteiger partial charge in [0.05, 0.1) is 18.4 Å². The van der Waals surface area contributed by atoms with Crippen LogP contribution in [0.3, 0.4) is 0 Å². The van der Waals surface area contributed by atoms with Crippen LogP contribution in [0.5, 0.6) is 5.75 Å². The van der Waals surface area contributed by atoms with E-state index in [2.05, 4.69) is 10.2 Å². The van der Waals surface area contributed by atoms with Crippen LogP contribution in [0.15, 0.2) is 36.4 Å². The van der Waals surface area contributed by atoms with Gasteiger partial charge in [-0.2, -0.15) is 0 Å². The maximum absolute atomic E-state index is 13.9. The maximum Gasteiger partial charge on any atom is 0.257 e. The predicted molar refractivity (Wildman–Crippen MR) is 109 cm³/mol. The summed E-state index contributed by atoms with van der Waals surface area (Å²) in [6.07, 6.45) is 4.16. The minimum absolute atomic E-state index is 0.0199. The highest BCUT2D eigenvalue weighted by molar-refractivity contribution is 6.08. The molecule has 2 heterocycles. The van der Waals surface area contributed by atoms with Crippen LogP contribution in [-0.4, -0.2) is 43.6 Å². The van der Waals surface area contributed by atoms with Gasteiger partial charge in [-0.1, -0.05) is 6.42 Å². The van der Waals surface area contributed by atoms with E-state index in [0.717, 1.165) is 37.9 Å². The van der Waals surface area contributed by atoms with Gasteiger partial charge in [0, 0.05) is 30.9 Å². The van der Waals surface area contributed by atoms with E-state index in [1.807, 2.05) is 11.9 Å². The molecule has 0 bridgehead atoms. The van der Waals surface area contributed by atoms with Gasteiger partial charge >= 0.3 is 0 Å². The van der Waals surface area contributed by atoms with Crippen molar-refractivity contribution in [2.24, 2.45) is 0 Å². The number of hydrogen-bond donors (Lipinski definition) is 1. The van der Waals surface area contributed by atoms with Crippen LogP contribution in [0.25, 0.3) is 0 Å². The monoisotopic (exact) mass is 397 g/mol. The lowest BCUT2D eigenvalue weighted by Crippen LogP contribution is -2.53. The molecule has 2 aromatic rings. The number of benzene rings is 2. The molecule has 7 heteroatoms. The smallest absolute Gasteiger partial charge is 0.257 e. The molecule has 152 valence electrons. The van der Waals surface area contributed by atoms with Crippen molar-refractivity contribution in [3.63, 3.8) is 0 Å². The largest absolute Gasteiger partial charge is 0.494 e. The molecule has 6 nitrogen and oxygen atoms in total. The molecule has 0 aromatic heterocycles. The van der Waals surface area contributed by atoms with Crippen LogP contribution in [-0.2, 0) is 0 Å². The van der Waals surface area contributed by atoms with Crippen LogP contribution in [0.2, 0.25) is 0 Å². The Morgan fingerprint density at radius 3 is 2.76 bits per heavy atom. The number of carbonyl (C=O) groups excluding carboxylic acids is 2. The van der Waals surface area contributed by atoms with Crippen molar-refractivity contribution in [3.8, 4) is 5.75 Å². The standard InChI is InChI=1S/C22H24FN3O3/c1-25-18-12-14(21(27)24-15-8-10-19(29-2)17(23)13-15)7-9-16(18)22(28)26-11-5-3-4-6-20(25)26/h7-10,12-13,20H,3-6,11H2,1-2H3,(H,24,27)/t20-/m1/s1. The Labute approximate surface area is 169 Å². The second-order valence-corrected chi connectivity index (χ2v) is 7.47. The zero-order valence-electron chi connectivity index (χ0n) is 16.6. The molecule has 0 spiro atoms. The van der Waals surface area contributed by atoms with Crippen molar-refractivity contribution in [3.05, 3.63) is 53.3 Å². The molecule has 0 unspecified atom stereocenters. The van der Waals surface area contributed by atoms with Crippen LogP contribution in [0.4, 0.5) is 15.8 Å². The van der Waals surface area contributed by atoms with Crippen molar-refractivity contribution in [1.29, 1.82) is 0 Å². The number of nitrogens with one attached hydrogen (secondary N) is 1. The number of anilines is 2. The third kappa shape index (κ3) is 3.52. The summed E-state index contributed by atoms with van der Waals surface area (Å²) in [5.41, 5.74) is 2.12. The van der Waals surface area contributed by atoms with Crippen molar-refractivity contribution < 1.29 is 18.7 Å². The highest BCUT2D eigenvalue weighted by Gasteiger charge is 2.36. The third-order valence-electron chi connectivity index (χ3n) is 5.71. The van der Waals surface area contributed by atoms with Gasteiger partial charge in [-0.05, 0) is 49.6 Å².